The standard InChI is InChI=1S/C11H19NO4S/c1-10(2,3)17(16)7-6-12-8(13)11(4-5-11)9(14)15/h4-7H2,1-3H3,(H,12,13)(H,14,15)/t17-/m0/s1. The van der Waals surface area contributed by atoms with Crippen LogP contribution in [0.2, 0.25) is 0 Å². The molecule has 17 heavy (non-hydrogen) atoms. The van der Waals surface area contributed by atoms with E-state index in [0.717, 1.165) is 0 Å². The number of carboxylic acids is 1. The number of carbonyl (C=O) groups excluding carboxylic acids is 1. The van der Waals surface area contributed by atoms with Crippen LogP contribution in [0.4, 0.5) is 0 Å². The van der Waals surface area contributed by atoms with Crippen LogP contribution in [0.15, 0.2) is 0 Å². The first-order valence-electron chi connectivity index (χ1n) is 5.60. The van der Waals surface area contributed by atoms with Crippen molar-refractivity contribution in [2.45, 2.75) is 38.4 Å². The van der Waals surface area contributed by atoms with Gasteiger partial charge in [-0.25, -0.2) is 0 Å². The molecule has 1 aliphatic carbocycles. The summed E-state index contributed by atoms with van der Waals surface area (Å²) in [5.41, 5.74) is -1.21. The third kappa shape index (κ3) is 3.28. The molecule has 1 aliphatic rings. The smallest absolute Gasteiger partial charge is 0.319 e. The summed E-state index contributed by atoms with van der Waals surface area (Å²) in [6.07, 6.45) is 0.799. The highest BCUT2D eigenvalue weighted by atomic mass is 32.2. The largest absolute Gasteiger partial charge is 0.480 e. The molecule has 0 aromatic carbocycles. The SMILES string of the molecule is CC(C)(C)[S@@](=O)CCNC(=O)C1(C(=O)O)CC1. The van der Waals surface area contributed by atoms with Gasteiger partial charge in [-0.3, -0.25) is 13.8 Å². The van der Waals surface area contributed by atoms with E-state index in [-0.39, 0.29) is 11.3 Å². The maximum atomic E-state index is 11.7. The Hall–Kier alpha value is -0.910. The number of carbonyl (C=O) groups is 2. The Morgan fingerprint density at radius 1 is 1.35 bits per heavy atom. The second-order valence-corrected chi connectivity index (χ2v) is 7.63. The van der Waals surface area contributed by atoms with Gasteiger partial charge in [0.2, 0.25) is 5.91 Å². The van der Waals surface area contributed by atoms with Gasteiger partial charge < -0.3 is 10.4 Å². The van der Waals surface area contributed by atoms with Gasteiger partial charge in [0.05, 0.1) is 0 Å². The van der Waals surface area contributed by atoms with E-state index in [1.54, 1.807) is 0 Å². The summed E-state index contributed by atoms with van der Waals surface area (Å²) < 4.78 is 11.4. The molecule has 0 spiro atoms. The fourth-order valence-corrected chi connectivity index (χ4v) is 2.30. The summed E-state index contributed by atoms with van der Waals surface area (Å²) in [7, 11) is -1.03. The molecule has 6 heteroatoms. The number of rotatable bonds is 5. The predicted octanol–water partition coefficient (Wildman–Crippen LogP) is 0.515. The molecular formula is C11H19NO4S. The Kier molecular flexibility index (Phi) is 3.96. The fourth-order valence-electron chi connectivity index (χ4n) is 1.40. The Labute approximate surface area is 103 Å². The Balaban J connectivity index is 2.36. The Bertz CT molecular complexity index is 355. The molecule has 0 bridgehead atoms. The van der Waals surface area contributed by atoms with Gasteiger partial charge in [0.15, 0.2) is 0 Å². The molecular weight excluding hydrogens is 242 g/mol. The molecule has 1 saturated carbocycles. The highest BCUT2D eigenvalue weighted by Gasteiger charge is 2.56. The van der Waals surface area contributed by atoms with E-state index >= 15 is 0 Å². The van der Waals surface area contributed by atoms with Gasteiger partial charge in [-0.2, -0.15) is 0 Å². The average molecular weight is 261 g/mol. The lowest BCUT2D eigenvalue weighted by atomic mass is 10.1. The lowest BCUT2D eigenvalue weighted by Gasteiger charge is -2.18. The Morgan fingerprint density at radius 3 is 2.24 bits per heavy atom. The highest BCUT2D eigenvalue weighted by Crippen LogP contribution is 2.45. The number of nitrogens with one attached hydrogen (secondary N) is 1. The van der Waals surface area contributed by atoms with Crippen LogP contribution in [0, 0.1) is 5.41 Å². The maximum Gasteiger partial charge on any atom is 0.319 e. The second kappa shape index (κ2) is 4.76. The van der Waals surface area contributed by atoms with Gasteiger partial charge in [0.1, 0.15) is 5.41 Å². The van der Waals surface area contributed by atoms with Crippen LogP contribution >= 0.6 is 0 Å². The minimum atomic E-state index is -1.21. The highest BCUT2D eigenvalue weighted by molar-refractivity contribution is 7.86. The van der Waals surface area contributed by atoms with Gasteiger partial charge in [-0.15, -0.1) is 0 Å². The van der Waals surface area contributed by atoms with Crippen LogP contribution in [0.25, 0.3) is 0 Å². The molecule has 5 nitrogen and oxygen atoms in total. The number of amides is 1. The van der Waals surface area contributed by atoms with E-state index in [4.69, 9.17) is 5.11 Å². The van der Waals surface area contributed by atoms with E-state index in [1.165, 1.54) is 0 Å². The molecule has 1 amide bonds. The van der Waals surface area contributed by atoms with Crippen molar-refractivity contribution in [1.82, 2.24) is 5.32 Å². The van der Waals surface area contributed by atoms with Crippen molar-refractivity contribution in [2.75, 3.05) is 12.3 Å². The second-order valence-electron chi connectivity index (χ2n) is 5.31. The molecule has 1 atom stereocenters. The van der Waals surface area contributed by atoms with Crippen LogP contribution < -0.4 is 5.32 Å². The molecule has 0 radical (unpaired) electrons. The lowest BCUT2D eigenvalue weighted by Crippen LogP contribution is -2.39. The zero-order valence-corrected chi connectivity index (χ0v) is 11.2. The van der Waals surface area contributed by atoms with Crippen molar-refractivity contribution < 1.29 is 18.9 Å². The number of carboxylic acid groups (broad SMARTS) is 1. The van der Waals surface area contributed by atoms with Crippen molar-refractivity contribution in [1.29, 1.82) is 0 Å². The van der Waals surface area contributed by atoms with E-state index in [2.05, 4.69) is 5.32 Å². The Morgan fingerprint density at radius 2 is 1.88 bits per heavy atom. The van der Waals surface area contributed by atoms with Gasteiger partial charge in [0.25, 0.3) is 0 Å². The minimum Gasteiger partial charge on any atom is -0.480 e. The zero-order chi connectivity index (χ0) is 13.3. The molecule has 2 N–H and O–H groups in total. The van der Waals surface area contributed by atoms with Crippen LogP contribution in [0.1, 0.15) is 33.6 Å². The first kappa shape index (κ1) is 14.2. The van der Waals surface area contributed by atoms with Crippen LogP contribution in [-0.4, -0.2) is 38.2 Å². The number of hydrogen-bond acceptors (Lipinski definition) is 3. The van der Waals surface area contributed by atoms with Gasteiger partial charge in [-0.1, -0.05) is 0 Å². The molecule has 0 aliphatic heterocycles. The van der Waals surface area contributed by atoms with Crippen molar-refractivity contribution in [2.24, 2.45) is 5.41 Å². The van der Waals surface area contributed by atoms with Crippen molar-refractivity contribution >= 4 is 22.7 Å². The molecule has 0 unspecified atom stereocenters. The molecule has 1 fully saturated rings. The quantitative estimate of drug-likeness (QED) is 0.706. The fraction of sp³-hybridized carbons (Fsp3) is 0.818. The number of aliphatic carboxylic acids is 1. The van der Waals surface area contributed by atoms with E-state index < -0.39 is 28.1 Å². The molecule has 98 valence electrons. The van der Waals surface area contributed by atoms with Crippen LogP contribution in [-0.2, 0) is 20.4 Å². The number of hydrogen-bond donors (Lipinski definition) is 2. The lowest BCUT2D eigenvalue weighted by molar-refractivity contribution is -0.148. The van der Waals surface area contributed by atoms with E-state index in [9.17, 15) is 13.8 Å². The van der Waals surface area contributed by atoms with Crippen molar-refractivity contribution in [3.05, 3.63) is 0 Å². The van der Waals surface area contributed by atoms with Gasteiger partial charge >= 0.3 is 5.97 Å². The van der Waals surface area contributed by atoms with Crippen molar-refractivity contribution in [3.63, 3.8) is 0 Å². The monoisotopic (exact) mass is 261 g/mol. The molecule has 1 rings (SSSR count). The van der Waals surface area contributed by atoms with Crippen molar-refractivity contribution in [3.8, 4) is 0 Å². The zero-order valence-electron chi connectivity index (χ0n) is 10.4. The minimum absolute atomic E-state index is 0.262. The van der Waals surface area contributed by atoms with Gasteiger partial charge in [0, 0.05) is 27.8 Å². The van der Waals surface area contributed by atoms with Crippen LogP contribution in [0.3, 0.4) is 0 Å². The topological polar surface area (TPSA) is 83.5 Å². The van der Waals surface area contributed by atoms with E-state index in [0.29, 0.717) is 18.6 Å². The van der Waals surface area contributed by atoms with E-state index in [1.807, 2.05) is 20.8 Å². The summed E-state index contributed by atoms with van der Waals surface area (Å²) in [5, 5.41) is 11.4. The molecule has 0 heterocycles. The molecule has 0 saturated heterocycles. The normalized spacial score (nSPS) is 19.5. The molecule has 0 aromatic heterocycles. The first-order valence-corrected chi connectivity index (χ1v) is 6.92. The average Bonchev–Trinajstić information content (AvgIpc) is 2.96. The summed E-state index contributed by atoms with van der Waals surface area (Å²) in [6, 6.07) is 0. The van der Waals surface area contributed by atoms with Gasteiger partial charge in [-0.05, 0) is 33.6 Å². The first-order chi connectivity index (χ1) is 7.70. The summed E-state index contributed by atoms with van der Waals surface area (Å²) in [6.45, 7) is 5.86. The predicted molar refractivity (Wildman–Crippen MR) is 65.1 cm³/mol. The summed E-state index contributed by atoms with van der Waals surface area (Å²) in [4.78, 5) is 22.5. The summed E-state index contributed by atoms with van der Waals surface area (Å²) >= 11 is 0. The molecule has 0 aromatic rings. The van der Waals surface area contributed by atoms with Crippen LogP contribution in [0.5, 0.6) is 0 Å². The maximum absolute atomic E-state index is 11.7. The summed E-state index contributed by atoms with van der Waals surface area (Å²) in [5.74, 6) is -1.16. The third-order valence-corrected chi connectivity index (χ3v) is 4.79. The third-order valence-electron chi connectivity index (χ3n) is 2.85.